The average Bonchev–Trinajstić information content (AvgIpc) is 2.45. The summed E-state index contributed by atoms with van der Waals surface area (Å²) in [5, 5.41) is 0. The molecule has 2 heteroatoms. The first-order chi connectivity index (χ1) is 9.60. The van der Waals surface area contributed by atoms with E-state index in [4.69, 9.17) is 5.73 Å². The van der Waals surface area contributed by atoms with E-state index in [1.54, 1.807) is 0 Å². The van der Waals surface area contributed by atoms with E-state index in [0.717, 1.165) is 19.4 Å². The lowest BCUT2D eigenvalue weighted by Crippen LogP contribution is -2.42. The Morgan fingerprint density at radius 1 is 1.25 bits per heavy atom. The maximum Gasteiger partial charge on any atom is 0.0236 e. The number of rotatable bonds is 5. The zero-order valence-corrected chi connectivity index (χ0v) is 13.4. The van der Waals surface area contributed by atoms with Gasteiger partial charge in [-0.15, -0.1) is 0 Å². The molecule has 2 atom stereocenters. The summed E-state index contributed by atoms with van der Waals surface area (Å²) in [7, 11) is 0. The molecule has 1 aromatic carbocycles. The molecule has 2 rings (SSSR count). The molecule has 0 bridgehead atoms. The van der Waals surface area contributed by atoms with Crippen molar-refractivity contribution in [2.75, 3.05) is 6.54 Å². The third-order valence-electron chi connectivity index (χ3n) is 4.81. The molecule has 1 saturated heterocycles. The number of nitrogens with two attached hydrogens (primary N) is 1. The maximum atomic E-state index is 6.18. The van der Waals surface area contributed by atoms with Crippen molar-refractivity contribution in [1.29, 1.82) is 0 Å². The first kappa shape index (κ1) is 15.5. The summed E-state index contributed by atoms with van der Waals surface area (Å²) in [6, 6.07) is 7.93. The molecule has 2 nitrogen and oxygen atoms in total. The van der Waals surface area contributed by atoms with Crippen molar-refractivity contribution in [3.63, 3.8) is 0 Å². The van der Waals surface area contributed by atoms with Crippen molar-refractivity contribution < 1.29 is 0 Å². The largest absolute Gasteiger partial charge is 0.328 e. The molecular weight excluding hydrogens is 244 g/mol. The number of hydrogen-bond acceptors (Lipinski definition) is 2. The van der Waals surface area contributed by atoms with Crippen molar-refractivity contribution in [2.24, 2.45) is 5.73 Å². The molecular formula is C18H30N2. The highest BCUT2D eigenvalue weighted by molar-refractivity contribution is 5.29. The molecule has 0 radical (unpaired) electrons. The fraction of sp³-hybridized carbons (Fsp3) is 0.667. The van der Waals surface area contributed by atoms with Crippen LogP contribution < -0.4 is 5.73 Å². The van der Waals surface area contributed by atoms with Gasteiger partial charge in [0.1, 0.15) is 0 Å². The van der Waals surface area contributed by atoms with Crippen LogP contribution in [0.3, 0.4) is 0 Å². The highest BCUT2D eigenvalue weighted by Crippen LogP contribution is 2.24. The van der Waals surface area contributed by atoms with Crippen molar-refractivity contribution >= 4 is 0 Å². The Hall–Kier alpha value is -0.860. The second kappa shape index (κ2) is 7.24. The van der Waals surface area contributed by atoms with E-state index >= 15 is 0 Å². The summed E-state index contributed by atoms with van der Waals surface area (Å²) in [5.74, 6) is 0. The van der Waals surface area contributed by atoms with Crippen LogP contribution in [0.1, 0.15) is 55.7 Å². The number of benzene rings is 1. The Morgan fingerprint density at radius 3 is 2.75 bits per heavy atom. The standard InChI is InChI=1S/C18H30N2/c1-4-17(19)12-18-7-5-6-10-20(18)13-16-9-8-14(2)15(3)11-16/h8-9,11,17-18H,4-7,10,12-13,19H2,1-3H3. The Labute approximate surface area is 124 Å². The third-order valence-corrected chi connectivity index (χ3v) is 4.81. The molecule has 0 spiro atoms. The van der Waals surface area contributed by atoms with Crippen LogP contribution in [0.5, 0.6) is 0 Å². The quantitative estimate of drug-likeness (QED) is 0.885. The Kier molecular flexibility index (Phi) is 5.62. The van der Waals surface area contributed by atoms with Crippen molar-refractivity contribution in [3.8, 4) is 0 Å². The lowest BCUT2D eigenvalue weighted by Gasteiger charge is -2.37. The van der Waals surface area contributed by atoms with Crippen LogP contribution in [0.25, 0.3) is 0 Å². The number of aryl methyl sites for hydroxylation is 2. The molecule has 1 heterocycles. The Bertz CT molecular complexity index is 427. The van der Waals surface area contributed by atoms with Crippen molar-refractivity contribution in [1.82, 2.24) is 4.90 Å². The van der Waals surface area contributed by atoms with E-state index in [2.05, 4.69) is 43.9 Å². The van der Waals surface area contributed by atoms with E-state index in [1.165, 1.54) is 42.5 Å². The summed E-state index contributed by atoms with van der Waals surface area (Å²) in [5.41, 5.74) is 10.4. The molecule has 2 unspecified atom stereocenters. The summed E-state index contributed by atoms with van der Waals surface area (Å²) in [6.45, 7) is 8.90. The molecule has 0 aromatic heterocycles. The lowest BCUT2D eigenvalue weighted by atomic mass is 9.94. The number of piperidine rings is 1. The van der Waals surface area contributed by atoms with Crippen LogP contribution in [-0.2, 0) is 6.54 Å². The van der Waals surface area contributed by atoms with Gasteiger partial charge < -0.3 is 5.73 Å². The van der Waals surface area contributed by atoms with Gasteiger partial charge >= 0.3 is 0 Å². The second-order valence-corrected chi connectivity index (χ2v) is 6.44. The molecule has 20 heavy (non-hydrogen) atoms. The van der Waals surface area contributed by atoms with Gasteiger partial charge in [-0.3, -0.25) is 4.90 Å². The van der Waals surface area contributed by atoms with E-state index < -0.39 is 0 Å². The van der Waals surface area contributed by atoms with Gasteiger partial charge in [0.15, 0.2) is 0 Å². The van der Waals surface area contributed by atoms with Gasteiger partial charge in [-0.25, -0.2) is 0 Å². The van der Waals surface area contributed by atoms with Gasteiger partial charge in [-0.1, -0.05) is 31.5 Å². The lowest BCUT2D eigenvalue weighted by molar-refractivity contribution is 0.126. The van der Waals surface area contributed by atoms with Crippen LogP contribution in [0.4, 0.5) is 0 Å². The molecule has 0 amide bonds. The molecule has 1 aliphatic rings. The Balaban J connectivity index is 2.02. The third kappa shape index (κ3) is 4.07. The Morgan fingerprint density at radius 2 is 2.05 bits per heavy atom. The van der Waals surface area contributed by atoms with Gasteiger partial charge in [0.2, 0.25) is 0 Å². The van der Waals surface area contributed by atoms with Crippen molar-refractivity contribution in [2.45, 2.75) is 71.5 Å². The van der Waals surface area contributed by atoms with Gasteiger partial charge in [0.05, 0.1) is 0 Å². The van der Waals surface area contributed by atoms with Gasteiger partial charge in [0, 0.05) is 18.6 Å². The first-order valence-corrected chi connectivity index (χ1v) is 8.16. The summed E-state index contributed by atoms with van der Waals surface area (Å²) in [6.07, 6.45) is 6.26. The number of likely N-dealkylation sites (tertiary alicyclic amines) is 1. The minimum atomic E-state index is 0.361. The molecule has 112 valence electrons. The second-order valence-electron chi connectivity index (χ2n) is 6.44. The normalized spacial score (nSPS) is 21.9. The molecule has 0 saturated carbocycles. The molecule has 0 aliphatic carbocycles. The smallest absolute Gasteiger partial charge is 0.0236 e. The number of nitrogens with zero attached hydrogens (tertiary/aromatic N) is 1. The predicted molar refractivity (Wildman–Crippen MR) is 86.8 cm³/mol. The highest BCUT2D eigenvalue weighted by Gasteiger charge is 2.23. The van der Waals surface area contributed by atoms with Gasteiger partial charge in [-0.05, 0) is 62.8 Å². The van der Waals surface area contributed by atoms with Crippen molar-refractivity contribution in [3.05, 3.63) is 34.9 Å². The molecule has 1 aromatic rings. The van der Waals surface area contributed by atoms with E-state index in [-0.39, 0.29) is 0 Å². The highest BCUT2D eigenvalue weighted by atomic mass is 15.2. The van der Waals surface area contributed by atoms with E-state index in [0.29, 0.717) is 12.1 Å². The maximum absolute atomic E-state index is 6.18. The molecule has 1 aliphatic heterocycles. The van der Waals surface area contributed by atoms with Crippen LogP contribution in [-0.4, -0.2) is 23.5 Å². The van der Waals surface area contributed by atoms with Gasteiger partial charge in [-0.2, -0.15) is 0 Å². The average molecular weight is 274 g/mol. The zero-order valence-electron chi connectivity index (χ0n) is 13.4. The molecule has 2 N–H and O–H groups in total. The summed E-state index contributed by atoms with van der Waals surface area (Å²) < 4.78 is 0. The predicted octanol–water partition coefficient (Wildman–Crippen LogP) is 3.79. The number of hydrogen-bond donors (Lipinski definition) is 1. The fourth-order valence-corrected chi connectivity index (χ4v) is 3.19. The van der Waals surface area contributed by atoms with Crippen LogP contribution >= 0.6 is 0 Å². The van der Waals surface area contributed by atoms with Crippen LogP contribution in [0.2, 0.25) is 0 Å². The molecule has 1 fully saturated rings. The van der Waals surface area contributed by atoms with E-state index in [9.17, 15) is 0 Å². The summed E-state index contributed by atoms with van der Waals surface area (Å²) >= 11 is 0. The van der Waals surface area contributed by atoms with Crippen LogP contribution in [0, 0.1) is 13.8 Å². The van der Waals surface area contributed by atoms with E-state index in [1.807, 2.05) is 0 Å². The van der Waals surface area contributed by atoms with Gasteiger partial charge in [0.25, 0.3) is 0 Å². The topological polar surface area (TPSA) is 29.3 Å². The van der Waals surface area contributed by atoms with Crippen LogP contribution in [0.15, 0.2) is 18.2 Å². The zero-order chi connectivity index (χ0) is 14.5. The monoisotopic (exact) mass is 274 g/mol. The summed E-state index contributed by atoms with van der Waals surface area (Å²) in [4.78, 5) is 2.66. The fourth-order valence-electron chi connectivity index (χ4n) is 3.19. The minimum Gasteiger partial charge on any atom is -0.328 e. The SMILES string of the molecule is CCC(N)CC1CCCCN1Cc1ccc(C)c(C)c1. The minimum absolute atomic E-state index is 0.361. The first-order valence-electron chi connectivity index (χ1n) is 8.16.